The second-order valence-electron chi connectivity index (χ2n) is 2.39. The van der Waals surface area contributed by atoms with Crippen LogP contribution < -0.4 is 0 Å². The highest BCUT2D eigenvalue weighted by molar-refractivity contribution is 5.58. The number of nitrogens with zero attached hydrogens (tertiary/aromatic N) is 4. The maximum Gasteiger partial charge on any atom is 0.139 e. The molecular formula is C8H8N4O2. The molecule has 0 aromatic heterocycles. The van der Waals surface area contributed by atoms with Gasteiger partial charge in [0.2, 0.25) is 0 Å². The summed E-state index contributed by atoms with van der Waals surface area (Å²) in [6.07, 6.45) is 0.945. The Morgan fingerprint density at radius 1 is 1.00 bits per heavy atom. The van der Waals surface area contributed by atoms with E-state index >= 15 is 0 Å². The van der Waals surface area contributed by atoms with E-state index in [2.05, 4.69) is 10.2 Å². The van der Waals surface area contributed by atoms with Crippen molar-refractivity contribution in [3.05, 3.63) is 0 Å². The van der Waals surface area contributed by atoms with Gasteiger partial charge in [0.25, 0.3) is 0 Å². The summed E-state index contributed by atoms with van der Waals surface area (Å²) >= 11 is 0. The first-order valence-corrected chi connectivity index (χ1v) is 3.81. The van der Waals surface area contributed by atoms with Crippen molar-refractivity contribution in [3.63, 3.8) is 0 Å². The third kappa shape index (κ3) is 4.73. The van der Waals surface area contributed by atoms with Crippen LogP contribution in [-0.2, 0) is 9.59 Å². The smallest absolute Gasteiger partial charge is 0.139 e. The summed E-state index contributed by atoms with van der Waals surface area (Å²) in [5.41, 5.74) is 0. The fourth-order valence-corrected chi connectivity index (χ4v) is 0.520. The first-order chi connectivity index (χ1) is 6.78. The van der Waals surface area contributed by atoms with Crippen LogP contribution in [0.3, 0.4) is 0 Å². The predicted octanol–water partition coefficient (Wildman–Crippen LogP) is 0.116. The molecule has 0 aliphatic heterocycles. The summed E-state index contributed by atoms with van der Waals surface area (Å²) in [6, 6.07) is 3.42. The molecule has 2 unspecified atom stereocenters. The first-order valence-electron chi connectivity index (χ1n) is 3.81. The SMILES string of the molecule is N#CC(C=O)CN=NCC(C#N)C=O. The van der Waals surface area contributed by atoms with Gasteiger partial charge in [0.15, 0.2) is 0 Å². The summed E-state index contributed by atoms with van der Waals surface area (Å²) in [7, 11) is 0. The van der Waals surface area contributed by atoms with Crippen LogP contribution in [0.5, 0.6) is 0 Å². The van der Waals surface area contributed by atoms with Gasteiger partial charge in [-0.2, -0.15) is 20.8 Å². The van der Waals surface area contributed by atoms with Gasteiger partial charge < -0.3 is 9.59 Å². The second-order valence-corrected chi connectivity index (χ2v) is 2.39. The van der Waals surface area contributed by atoms with Crippen LogP contribution in [-0.4, -0.2) is 25.7 Å². The molecule has 14 heavy (non-hydrogen) atoms. The van der Waals surface area contributed by atoms with E-state index in [0.29, 0.717) is 12.6 Å². The fraction of sp³-hybridized carbons (Fsp3) is 0.500. The van der Waals surface area contributed by atoms with Crippen molar-refractivity contribution in [2.75, 3.05) is 13.1 Å². The van der Waals surface area contributed by atoms with Crippen molar-refractivity contribution >= 4 is 12.6 Å². The Hall–Kier alpha value is -2.08. The lowest BCUT2D eigenvalue weighted by Crippen LogP contribution is -2.04. The molecule has 0 spiro atoms. The van der Waals surface area contributed by atoms with Gasteiger partial charge in [-0.3, -0.25) is 0 Å². The van der Waals surface area contributed by atoms with Crippen molar-refractivity contribution in [2.24, 2.45) is 22.1 Å². The molecule has 0 radical (unpaired) electrons. The van der Waals surface area contributed by atoms with Crippen molar-refractivity contribution in [1.29, 1.82) is 10.5 Å². The van der Waals surface area contributed by atoms with Crippen molar-refractivity contribution in [3.8, 4) is 12.1 Å². The molecule has 0 heterocycles. The number of hydrogen-bond acceptors (Lipinski definition) is 6. The van der Waals surface area contributed by atoms with Crippen LogP contribution in [0.2, 0.25) is 0 Å². The Kier molecular flexibility index (Phi) is 6.44. The van der Waals surface area contributed by atoms with Gasteiger partial charge in [-0.25, -0.2) is 0 Å². The minimum Gasteiger partial charge on any atom is -0.302 e. The Bertz CT molecular complexity index is 269. The quantitative estimate of drug-likeness (QED) is 0.439. The minimum absolute atomic E-state index is 0.0307. The first kappa shape index (κ1) is 11.9. The number of hydrogen-bond donors (Lipinski definition) is 0. The maximum absolute atomic E-state index is 10.1. The molecule has 6 heteroatoms. The maximum atomic E-state index is 10.1. The highest BCUT2D eigenvalue weighted by Gasteiger charge is 2.05. The average molecular weight is 192 g/mol. The molecule has 0 aliphatic carbocycles. The van der Waals surface area contributed by atoms with Crippen LogP contribution in [0.15, 0.2) is 10.2 Å². The third-order valence-corrected chi connectivity index (χ3v) is 1.32. The molecule has 72 valence electrons. The summed E-state index contributed by atoms with van der Waals surface area (Å²) in [6.45, 7) is -0.0615. The van der Waals surface area contributed by atoms with E-state index in [9.17, 15) is 9.59 Å². The Morgan fingerprint density at radius 3 is 1.57 bits per heavy atom. The standard InChI is InChI=1S/C8H8N4O2/c9-1-7(5-13)3-11-12-4-8(2-10)6-14/h5-8H,3-4H2. The van der Waals surface area contributed by atoms with Gasteiger partial charge >= 0.3 is 0 Å². The lowest BCUT2D eigenvalue weighted by atomic mass is 10.2. The normalized spacial score (nSPS) is 13.9. The number of nitriles is 2. The van der Waals surface area contributed by atoms with Crippen LogP contribution in [0, 0.1) is 34.5 Å². The van der Waals surface area contributed by atoms with Crippen LogP contribution in [0.1, 0.15) is 0 Å². The molecule has 6 nitrogen and oxygen atoms in total. The Labute approximate surface area is 80.8 Å². The molecule has 0 saturated carbocycles. The lowest BCUT2D eigenvalue weighted by Gasteiger charge is -1.94. The zero-order valence-corrected chi connectivity index (χ0v) is 7.33. The summed E-state index contributed by atoms with van der Waals surface area (Å²) in [5, 5.41) is 23.7. The van der Waals surface area contributed by atoms with Gasteiger partial charge in [0.1, 0.15) is 24.4 Å². The number of carbonyl (C=O) groups is 2. The highest BCUT2D eigenvalue weighted by atomic mass is 16.1. The Morgan fingerprint density at radius 2 is 1.36 bits per heavy atom. The van der Waals surface area contributed by atoms with E-state index < -0.39 is 11.8 Å². The zero-order valence-electron chi connectivity index (χ0n) is 7.33. The molecule has 0 aromatic carbocycles. The van der Waals surface area contributed by atoms with Gasteiger partial charge in [-0.05, 0) is 0 Å². The largest absolute Gasteiger partial charge is 0.302 e. The van der Waals surface area contributed by atoms with Gasteiger partial charge in [-0.15, -0.1) is 0 Å². The van der Waals surface area contributed by atoms with E-state index in [1.807, 2.05) is 0 Å². The summed E-state index contributed by atoms with van der Waals surface area (Å²) in [5.74, 6) is -1.62. The van der Waals surface area contributed by atoms with Gasteiger partial charge in [0.05, 0.1) is 25.2 Å². The third-order valence-electron chi connectivity index (χ3n) is 1.32. The summed E-state index contributed by atoms with van der Waals surface area (Å²) in [4.78, 5) is 20.3. The molecule has 0 bridgehead atoms. The van der Waals surface area contributed by atoms with Crippen LogP contribution in [0.25, 0.3) is 0 Å². The topological polar surface area (TPSA) is 106 Å². The van der Waals surface area contributed by atoms with Crippen LogP contribution in [0.4, 0.5) is 0 Å². The number of azo groups is 1. The highest BCUT2D eigenvalue weighted by Crippen LogP contribution is 1.94. The van der Waals surface area contributed by atoms with E-state index in [4.69, 9.17) is 10.5 Å². The van der Waals surface area contributed by atoms with Gasteiger partial charge in [0, 0.05) is 0 Å². The number of rotatable bonds is 6. The molecule has 0 amide bonds. The van der Waals surface area contributed by atoms with E-state index in [-0.39, 0.29) is 13.1 Å². The van der Waals surface area contributed by atoms with Gasteiger partial charge in [-0.1, -0.05) is 0 Å². The van der Waals surface area contributed by atoms with Crippen molar-refractivity contribution in [2.45, 2.75) is 0 Å². The monoisotopic (exact) mass is 192 g/mol. The lowest BCUT2D eigenvalue weighted by molar-refractivity contribution is -0.110. The van der Waals surface area contributed by atoms with Crippen molar-refractivity contribution < 1.29 is 9.59 Å². The number of aldehydes is 2. The zero-order chi connectivity index (χ0) is 10.8. The molecule has 0 aliphatic rings. The predicted molar refractivity (Wildman–Crippen MR) is 44.9 cm³/mol. The van der Waals surface area contributed by atoms with E-state index in [1.54, 1.807) is 12.1 Å². The fourth-order valence-electron chi connectivity index (χ4n) is 0.520. The molecule has 0 aromatic rings. The molecular weight excluding hydrogens is 184 g/mol. The van der Waals surface area contributed by atoms with E-state index in [1.165, 1.54) is 0 Å². The van der Waals surface area contributed by atoms with E-state index in [0.717, 1.165) is 0 Å². The molecule has 0 rings (SSSR count). The Balaban J connectivity index is 3.86. The molecule has 0 saturated heterocycles. The summed E-state index contributed by atoms with van der Waals surface area (Å²) < 4.78 is 0. The molecule has 0 N–H and O–H groups in total. The average Bonchev–Trinajstić information content (AvgIpc) is 2.24. The van der Waals surface area contributed by atoms with Crippen molar-refractivity contribution in [1.82, 2.24) is 0 Å². The minimum atomic E-state index is -0.810. The molecule has 0 fully saturated rings. The second kappa shape index (κ2) is 7.56. The van der Waals surface area contributed by atoms with Crippen LogP contribution >= 0.6 is 0 Å². The number of carbonyl (C=O) groups excluding carboxylic acids is 2. The molecule has 2 atom stereocenters.